The predicted molar refractivity (Wildman–Crippen MR) is 422 cm³/mol. The molecule has 504 valence electrons. The third-order valence-electron chi connectivity index (χ3n) is 14.4. The molecule has 7 rings (SSSR count). The van der Waals surface area contributed by atoms with E-state index in [1.807, 2.05) is 0 Å². The van der Waals surface area contributed by atoms with Gasteiger partial charge in [0.15, 0.2) is 0 Å². The van der Waals surface area contributed by atoms with Gasteiger partial charge in [0.25, 0.3) is 0 Å². The van der Waals surface area contributed by atoms with Crippen LogP contribution >= 0.6 is 325 Å². The third-order valence-corrected chi connectivity index (χ3v) is 27.0. The van der Waals surface area contributed by atoms with E-state index in [-0.39, 0.29) is 197 Å². The lowest BCUT2D eigenvalue weighted by molar-refractivity contribution is 0.295. The van der Waals surface area contributed by atoms with E-state index in [0.717, 1.165) is 77.0 Å². The van der Waals surface area contributed by atoms with Crippen LogP contribution in [-0.2, 0) is 0 Å². The molecule has 0 heterocycles. The topological polar surface area (TPSA) is 18.5 Å². The van der Waals surface area contributed by atoms with Crippen molar-refractivity contribution in [2.24, 2.45) is 0 Å². The molecule has 0 aliphatic heterocycles. The molecule has 0 N–H and O–H groups in total. The van der Waals surface area contributed by atoms with Crippen molar-refractivity contribution >= 4 is 349 Å². The summed E-state index contributed by atoms with van der Waals surface area (Å²) >= 11 is 193. The van der Waals surface area contributed by atoms with Crippen molar-refractivity contribution in [3.05, 3.63) is 220 Å². The van der Waals surface area contributed by atoms with E-state index in [0.29, 0.717) is 35.8 Å². The summed E-state index contributed by atoms with van der Waals surface area (Å²) in [5, 5.41) is -5.68. The molecule has 30 heteroatoms. The first-order valence-corrected chi connectivity index (χ1v) is 38.3. The maximum absolute atomic E-state index is 7.34. The fraction of sp³-hybridized carbons (Fsp3) is 0.250. The molecule has 7 aromatic carbocycles. The quantitative estimate of drug-likeness (QED) is 0.0177. The molecule has 0 aromatic heterocycles. The third kappa shape index (κ3) is 17.6. The first-order valence-electron chi connectivity index (χ1n) is 27.7. The number of hydrogen-bond donors (Lipinski definition) is 0. The second kappa shape index (κ2) is 37.1. The largest absolute Gasteiger partial charge is 0.493 e. The molecule has 0 aliphatic carbocycles. The first-order chi connectivity index (χ1) is 44.3. The fourth-order valence-electron chi connectivity index (χ4n) is 9.65. The van der Waals surface area contributed by atoms with Gasteiger partial charge in [0, 0.05) is 55.6 Å². The Morgan fingerprint density at radius 3 is 0.628 bits per heavy atom. The molecule has 7 aromatic rings. The smallest absolute Gasteiger partial charge is 0.127 e. The molecular formula is C64H40Cl28O2. The number of ether oxygens (including phenoxy) is 2. The summed E-state index contributed by atoms with van der Waals surface area (Å²) in [6, 6.07) is 3.56. The van der Waals surface area contributed by atoms with Crippen LogP contribution in [0.2, 0.25) is 141 Å². The van der Waals surface area contributed by atoms with Crippen molar-refractivity contribution in [3.63, 3.8) is 0 Å². The zero-order chi connectivity index (χ0) is 69.8. The van der Waals surface area contributed by atoms with Crippen LogP contribution in [0.25, 0.3) is 24.3 Å². The van der Waals surface area contributed by atoms with E-state index in [1.165, 1.54) is 0 Å². The molecular weight excluding hydrogens is 1790 g/mol. The zero-order valence-corrected chi connectivity index (χ0v) is 68.9. The molecule has 0 saturated carbocycles. The highest BCUT2D eigenvalue weighted by molar-refractivity contribution is 6.61. The Kier molecular flexibility index (Phi) is 32.8. The lowest BCUT2D eigenvalue weighted by atomic mass is 9.84. The summed E-state index contributed by atoms with van der Waals surface area (Å²) in [5.41, 5.74) is 0.600. The molecule has 0 saturated heterocycles. The van der Waals surface area contributed by atoms with Gasteiger partial charge in [-0.3, -0.25) is 0 Å². The maximum atomic E-state index is 7.34. The van der Waals surface area contributed by atoms with Gasteiger partial charge in [0.1, 0.15) is 11.5 Å². The molecule has 94 heavy (non-hydrogen) atoms. The highest BCUT2D eigenvalue weighted by Crippen LogP contribution is 2.61. The minimum Gasteiger partial charge on any atom is -0.493 e. The summed E-state index contributed by atoms with van der Waals surface area (Å²) in [7, 11) is 0. The van der Waals surface area contributed by atoms with Crippen LogP contribution in [0.3, 0.4) is 0 Å². The average Bonchev–Trinajstić information content (AvgIpc) is 0.735. The van der Waals surface area contributed by atoms with E-state index >= 15 is 0 Å². The maximum Gasteiger partial charge on any atom is 0.127 e. The first kappa shape index (κ1) is 83.0. The van der Waals surface area contributed by atoms with Gasteiger partial charge in [-0.1, -0.05) is 427 Å². The number of rotatable bonds is 26. The van der Waals surface area contributed by atoms with Crippen LogP contribution in [0, 0.1) is 11.8 Å². The normalized spacial score (nSPS) is 12.0. The van der Waals surface area contributed by atoms with Gasteiger partial charge in [0.05, 0.1) is 166 Å². The highest BCUT2D eigenvalue weighted by Gasteiger charge is 2.40. The summed E-state index contributed by atoms with van der Waals surface area (Å²) in [6.45, 7) is 4.93. The summed E-state index contributed by atoms with van der Waals surface area (Å²) < 4.78 is 13.3. The minimum atomic E-state index is -0.234. The van der Waals surface area contributed by atoms with Gasteiger partial charge in [-0.05, 0) is 25.0 Å². The van der Waals surface area contributed by atoms with E-state index in [9.17, 15) is 0 Å². The van der Waals surface area contributed by atoms with Gasteiger partial charge < -0.3 is 9.47 Å². The zero-order valence-electron chi connectivity index (χ0n) is 47.8. The Balaban J connectivity index is 1.44. The Morgan fingerprint density at radius 2 is 0.415 bits per heavy atom. The lowest BCUT2D eigenvalue weighted by Gasteiger charge is -2.28. The van der Waals surface area contributed by atoms with Crippen LogP contribution in [0.4, 0.5) is 0 Å². The molecule has 0 fully saturated rings. The van der Waals surface area contributed by atoms with Gasteiger partial charge >= 0.3 is 0 Å². The van der Waals surface area contributed by atoms with Crippen molar-refractivity contribution in [2.45, 2.75) is 90.9 Å². The van der Waals surface area contributed by atoms with Crippen LogP contribution in [0.5, 0.6) is 11.5 Å². The van der Waals surface area contributed by atoms with Crippen molar-refractivity contribution in [2.75, 3.05) is 13.2 Å². The second-order valence-electron chi connectivity index (χ2n) is 20.4. The molecule has 2 nitrogen and oxygen atoms in total. The fourth-order valence-corrected chi connectivity index (χ4v) is 17.3. The van der Waals surface area contributed by atoms with Crippen LogP contribution in [-0.4, -0.2) is 13.2 Å². The minimum absolute atomic E-state index is 0.108. The molecule has 0 bridgehead atoms. The van der Waals surface area contributed by atoms with Gasteiger partial charge in [-0.2, -0.15) is 0 Å². The molecule has 0 amide bonds. The summed E-state index contributed by atoms with van der Waals surface area (Å²) in [6.07, 6.45) is 18.4. The molecule has 2 radical (unpaired) electrons. The van der Waals surface area contributed by atoms with E-state index < -0.39 is 0 Å². The van der Waals surface area contributed by atoms with Crippen molar-refractivity contribution in [1.29, 1.82) is 0 Å². The number of hydrogen-bond acceptors (Lipinski definition) is 2. The van der Waals surface area contributed by atoms with Crippen LogP contribution in [0.1, 0.15) is 147 Å². The predicted octanol–water partition coefficient (Wildman–Crippen LogP) is 35.8. The Bertz CT molecular complexity index is 3570. The summed E-state index contributed by atoms with van der Waals surface area (Å²) in [4.78, 5) is 0. The van der Waals surface area contributed by atoms with E-state index in [1.54, 1.807) is 36.4 Å². The molecule has 0 aliphatic rings. The Hall–Kier alpha value is 1.74. The second-order valence-corrected chi connectivity index (χ2v) is 31.0. The average molecular weight is 1830 g/mol. The highest BCUT2D eigenvalue weighted by atomic mass is 35.5. The van der Waals surface area contributed by atoms with Crippen LogP contribution in [0.15, 0.2) is 12.1 Å². The molecule has 0 unspecified atom stereocenters. The van der Waals surface area contributed by atoms with Crippen molar-refractivity contribution < 1.29 is 9.47 Å². The van der Waals surface area contributed by atoms with Gasteiger partial charge in [-0.25, -0.2) is 0 Å². The van der Waals surface area contributed by atoms with E-state index in [2.05, 4.69) is 13.8 Å². The van der Waals surface area contributed by atoms with Gasteiger partial charge in [0.2, 0.25) is 0 Å². The Morgan fingerprint density at radius 1 is 0.234 bits per heavy atom. The number of benzene rings is 7. The van der Waals surface area contributed by atoms with Crippen LogP contribution < -0.4 is 9.47 Å². The standard InChI is InChI=1S/C64H40Cl28O2/c1-3-5-7-9-11-13-19-93-27-21-24(16-18-26-39(67)43(71)32(44(72)40(26)68)30(35-49(77)57(85)63(91)58(86)50(35)78)36-51(79)59(87)64(92)60(88)52(36)80)28(94-20-14-12-10-8-6-4-2)22-23(27)15-17-25-37(65)41(69)31(42(70)38(25)66)29(33-45(73)53(81)61(89)54(82)46(33)74)34-47(75)55(83)62(90)56(84)48(34)76/h15-18,21-22H,3-14,19-20H2,1-2H3/b17-15+,18-16+. The Labute approximate surface area is 685 Å². The molecule has 0 atom stereocenters. The van der Waals surface area contributed by atoms with Gasteiger partial charge in [-0.15, -0.1) is 0 Å². The number of halogens is 28. The van der Waals surface area contributed by atoms with E-state index in [4.69, 9.17) is 334 Å². The monoisotopic (exact) mass is 1820 g/mol. The lowest BCUT2D eigenvalue weighted by Crippen LogP contribution is -2.12. The molecule has 0 spiro atoms. The summed E-state index contributed by atoms with van der Waals surface area (Å²) in [5.74, 6) is 0.556. The van der Waals surface area contributed by atoms with Crippen molar-refractivity contribution in [1.82, 2.24) is 0 Å². The van der Waals surface area contributed by atoms with Crippen molar-refractivity contribution in [3.8, 4) is 11.5 Å². The number of unbranched alkanes of at least 4 members (excludes halogenated alkanes) is 10. The SMILES string of the molecule is CCCCCCCCOc1cc(/C=C/c2c(Cl)c(Cl)c([C](c3c(Cl)c(Cl)c(Cl)c(Cl)c3Cl)c3c(Cl)c(Cl)c(Cl)c(Cl)c3Cl)c(Cl)c2Cl)c(OCCCCCCCC)cc1/C=C/c1c(Cl)c(Cl)c([C](c2c(Cl)c(Cl)c(Cl)c(Cl)c2Cl)c2c(Cl)c(Cl)c(Cl)c(Cl)c2Cl)c(Cl)c1Cl.